The van der Waals surface area contributed by atoms with Crippen LogP contribution in [0.1, 0.15) is 47.9 Å². The Morgan fingerprint density at radius 3 is 1.31 bits per heavy atom. The van der Waals surface area contributed by atoms with Crippen LogP contribution in [0, 0.1) is 13.8 Å². The lowest BCUT2D eigenvalue weighted by molar-refractivity contribution is -0.0553. The van der Waals surface area contributed by atoms with Crippen molar-refractivity contribution in [2.24, 2.45) is 0 Å². The van der Waals surface area contributed by atoms with Gasteiger partial charge in [0.25, 0.3) is 0 Å². The summed E-state index contributed by atoms with van der Waals surface area (Å²) in [5, 5.41) is 39.4. The van der Waals surface area contributed by atoms with Crippen molar-refractivity contribution in [1.82, 2.24) is 30.0 Å². The van der Waals surface area contributed by atoms with E-state index in [0.29, 0.717) is 24.6 Å². The average molecular weight is 607 g/mol. The minimum Gasteiger partial charge on any atom is -0.505 e. The molecule has 0 radical (unpaired) electrons. The summed E-state index contributed by atoms with van der Waals surface area (Å²) in [6.45, 7) is 5.33. The maximum Gasteiger partial charge on any atom is 0.146 e. The highest BCUT2D eigenvalue weighted by Crippen LogP contribution is 2.29. The summed E-state index contributed by atoms with van der Waals surface area (Å²) in [6, 6.07) is 23.3. The van der Waals surface area contributed by atoms with Gasteiger partial charge in [0.15, 0.2) is 0 Å². The first kappa shape index (κ1) is 30.2. The Morgan fingerprint density at radius 2 is 0.933 bits per heavy atom. The second-order valence-corrected chi connectivity index (χ2v) is 11.4. The Balaban J connectivity index is 0.890. The zero-order chi connectivity index (χ0) is 31.2. The standard InChI is InChI=1S/C35H38N6O4/c1-24-19-26(21-32(34(24)42)40-36-28-13-3-4-14-29(28)37-40)11-7-9-17-44-23-45-18-10-8-12-27-20-25(2)35(43)33(22-27)41-38-30-15-5-6-16-31(30)39-41/h3-6,13-16,19-22,42-43H,7-12,17-18,23H2,1-2H3. The van der Waals surface area contributed by atoms with E-state index in [9.17, 15) is 10.2 Å². The Labute approximate surface area is 261 Å². The van der Waals surface area contributed by atoms with Crippen LogP contribution in [-0.4, -0.2) is 60.2 Å². The largest absolute Gasteiger partial charge is 0.505 e. The number of ether oxygens (including phenoxy) is 2. The number of aromatic nitrogens is 6. The van der Waals surface area contributed by atoms with Crippen molar-refractivity contribution >= 4 is 22.1 Å². The molecule has 0 aliphatic carbocycles. The number of benzene rings is 4. The molecule has 4 aromatic carbocycles. The Hall–Kier alpha value is -4.80. The number of phenols is 2. The molecule has 0 atom stereocenters. The summed E-state index contributed by atoms with van der Waals surface area (Å²) in [6.07, 6.45) is 5.46. The van der Waals surface area contributed by atoms with E-state index in [1.165, 1.54) is 9.59 Å². The fourth-order valence-corrected chi connectivity index (χ4v) is 5.44. The third kappa shape index (κ3) is 7.13. The molecule has 0 spiro atoms. The van der Waals surface area contributed by atoms with Crippen LogP contribution in [-0.2, 0) is 22.3 Å². The van der Waals surface area contributed by atoms with Gasteiger partial charge in [-0.25, -0.2) is 0 Å². The highest BCUT2D eigenvalue weighted by Gasteiger charge is 2.14. The van der Waals surface area contributed by atoms with Crippen LogP contribution in [0.15, 0.2) is 72.8 Å². The van der Waals surface area contributed by atoms with E-state index in [0.717, 1.165) is 82.8 Å². The molecule has 232 valence electrons. The van der Waals surface area contributed by atoms with Crippen molar-refractivity contribution < 1.29 is 19.7 Å². The summed E-state index contributed by atoms with van der Waals surface area (Å²) in [5.41, 5.74) is 8.21. The number of rotatable bonds is 14. The maximum absolute atomic E-state index is 10.7. The lowest BCUT2D eigenvalue weighted by Gasteiger charge is -2.11. The van der Waals surface area contributed by atoms with Crippen LogP contribution in [0.4, 0.5) is 0 Å². The zero-order valence-corrected chi connectivity index (χ0v) is 25.7. The van der Waals surface area contributed by atoms with E-state index in [-0.39, 0.29) is 18.3 Å². The molecule has 0 bridgehead atoms. The molecule has 6 rings (SSSR count). The SMILES string of the molecule is Cc1cc(CCCCOCOCCCCc2cc(C)c(O)c(-n3nc4ccccc4n3)c2)cc(-n2nc3ccccc3n2)c1O. The molecule has 6 aromatic rings. The smallest absolute Gasteiger partial charge is 0.146 e. The minimum absolute atomic E-state index is 0.197. The molecule has 0 saturated heterocycles. The fraction of sp³-hybridized carbons (Fsp3) is 0.314. The Kier molecular flexibility index (Phi) is 9.33. The van der Waals surface area contributed by atoms with Gasteiger partial charge in [-0.2, -0.15) is 0 Å². The molecule has 0 amide bonds. The van der Waals surface area contributed by atoms with Gasteiger partial charge in [-0.1, -0.05) is 36.4 Å². The van der Waals surface area contributed by atoms with Crippen LogP contribution < -0.4 is 0 Å². The number of unbranched alkanes of at least 4 members (excludes halogenated alkanes) is 2. The highest BCUT2D eigenvalue weighted by atomic mass is 16.7. The van der Waals surface area contributed by atoms with Gasteiger partial charge < -0.3 is 19.7 Å². The lowest BCUT2D eigenvalue weighted by atomic mass is 10.0. The van der Waals surface area contributed by atoms with Gasteiger partial charge >= 0.3 is 0 Å². The van der Waals surface area contributed by atoms with Crippen LogP contribution >= 0.6 is 0 Å². The zero-order valence-electron chi connectivity index (χ0n) is 25.7. The molecule has 2 aromatic heterocycles. The fourth-order valence-electron chi connectivity index (χ4n) is 5.44. The van der Waals surface area contributed by atoms with Crippen molar-refractivity contribution in [3.63, 3.8) is 0 Å². The van der Waals surface area contributed by atoms with Crippen molar-refractivity contribution in [2.75, 3.05) is 20.0 Å². The Morgan fingerprint density at radius 1 is 0.556 bits per heavy atom. The van der Waals surface area contributed by atoms with Gasteiger partial charge in [0, 0.05) is 13.2 Å². The number of nitrogens with zero attached hydrogens (tertiary/aromatic N) is 6. The van der Waals surface area contributed by atoms with Crippen molar-refractivity contribution in [3.8, 4) is 22.9 Å². The molecule has 10 heteroatoms. The van der Waals surface area contributed by atoms with Crippen molar-refractivity contribution in [2.45, 2.75) is 52.4 Å². The molecule has 0 unspecified atom stereocenters. The number of phenolic OH excluding ortho intramolecular Hbond substituents is 2. The van der Waals surface area contributed by atoms with E-state index in [1.807, 2.05) is 86.6 Å². The molecule has 0 fully saturated rings. The average Bonchev–Trinajstić information content (AvgIpc) is 3.67. The second kappa shape index (κ2) is 13.9. The van der Waals surface area contributed by atoms with E-state index < -0.39 is 0 Å². The van der Waals surface area contributed by atoms with Gasteiger partial charge in [-0.05, 0) is 111 Å². The normalized spacial score (nSPS) is 11.6. The number of aromatic hydroxyl groups is 2. The first-order valence-corrected chi connectivity index (χ1v) is 15.4. The molecular formula is C35H38N6O4. The van der Waals surface area contributed by atoms with Crippen LogP contribution in [0.25, 0.3) is 33.4 Å². The van der Waals surface area contributed by atoms with Gasteiger partial charge in [-0.15, -0.1) is 30.0 Å². The summed E-state index contributed by atoms with van der Waals surface area (Å²) in [5.74, 6) is 0.394. The second-order valence-electron chi connectivity index (χ2n) is 11.4. The monoisotopic (exact) mass is 606 g/mol. The summed E-state index contributed by atoms with van der Waals surface area (Å²) in [7, 11) is 0. The predicted molar refractivity (Wildman–Crippen MR) is 173 cm³/mol. The predicted octanol–water partition coefficient (Wildman–Crippen LogP) is 6.52. The maximum atomic E-state index is 10.7. The van der Waals surface area contributed by atoms with Crippen LogP contribution in [0.5, 0.6) is 11.5 Å². The van der Waals surface area contributed by atoms with E-state index >= 15 is 0 Å². The molecule has 0 aliphatic rings. The third-order valence-corrected chi connectivity index (χ3v) is 7.86. The van der Waals surface area contributed by atoms with Crippen molar-refractivity contribution in [3.05, 3.63) is 95.1 Å². The number of fused-ring (bicyclic) bond motifs is 2. The Bertz CT molecular complexity index is 1710. The first-order chi connectivity index (χ1) is 22.0. The number of hydrogen-bond donors (Lipinski definition) is 2. The summed E-state index contributed by atoms with van der Waals surface area (Å²) >= 11 is 0. The quantitative estimate of drug-likeness (QED) is 0.106. The van der Waals surface area contributed by atoms with E-state index in [2.05, 4.69) is 20.4 Å². The molecule has 45 heavy (non-hydrogen) atoms. The summed E-state index contributed by atoms with van der Waals surface area (Å²) < 4.78 is 11.4. The van der Waals surface area contributed by atoms with E-state index in [1.54, 1.807) is 0 Å². The molecular weight excluding hydrogens is 568 g/mol. The van der Waals surface area contributed by atoms with Gasteiger partial charge in [0.05, 0.1) is 0 Å². The molecule has 0 aliphatic heterocycles. The molecule has 2 heterocycles. The van der Waals surface area contributed by atoms with Gasteiger partial charge in [0.2, 0.25) is 0 Å². The van der Waals surface area contributed by atoms with Gasteiger partial charge in [0.1, 0.15) is 51.7 Å². The number of aryl methyl sites for hydroxylation is 4. The third-order valence-electron chi connectivity index (χ3n) is 7.86. The molecule has 0 saturated carbocycles. The summed E-state index contributed by atoms with van der Waals surface area (Å²) in [4.78, 5) is 3.03. The molecule has 2 N–H and O–H groups in total. The lowest BCUT2D eigenvalue weighted by Crippen LogP contribution is -2.04. The first-order valence-electron chi connectivity index (χ1n) is 15.4. The number of hydrogen-bond acceptors (Lipinski definition) is 8. The van der Waals surface area contributed by atoms with Crippen molar-refractivity contribution in [1.29, 1.82) is 0 Å². The van der Waals surface area contributed by atoms with Crippen LogP contribution in [0.2, 0.25) is 0 Å². The van der Waals surface area contributed by atoms with E-state index in [4.69, 9.17) is 9.47 Å². The topological polar surface area (TPSA) is 120 Å². The van der Waals surface area contributed by atoms with Gasteiger partial charge in [-0.3, -0.25) is 0 Å². The highest BCUT2D eigenvalue weighted by molar-refractivity contribution is 5.74. The molecule has 10 nitrogen and oxygen atoms in total. The minimum atomic E-state index is 0.197. The van der Waals surface area contributed by atoms with Crippen LogP contribution in [0.3, 0.4) is 0 Å².